The summed E-state index contributed by atoms with van der Waals surface area (Å²) in [6.07, 6.45) is 19.9. The SMILES string of the molecule is CCCCCCCCCCOc1ccc(-c2cnc(CCCCCCOCCOCC)nc2)cc1. The minimum Gasteiger partial charge on any atom is -0.494 e. The number of aromatic nitrogens is 2. The highest BCUT2D eigenvalue weighted by Crippen LogP contribution is 2.22. The number of ether oxygens (including phenoxy) is 3. The Morgan fingerprint density at radius 1 is 0.571 bits per heavy atom. The number of benzene rings is 1. The lowest BCUT2D eigenvalue weighted by atomic mass is 10.1. The van der Waals surface area contributed by atoms with Crippen molar-refractivity contribution in [3.63, 3.8) is 0 Å². The highest BCUT2D eigenvalue weighted by Gasteiger charge is 2.03. The van der Waals surface area contributed by atoms with Crippen LogP contribution in [0, 0.1) is 0 Å². The molecule has 0 aliphatic carbocycles. The van der Waals surface area contributed by atoms with Crippen molar-refractivity contribution in [2.75, 3.05) is 33.0 Å². The molecule has 2 aromatic rings. The minimum atomic E-state index is 0.696. The monoisotopic (exact) mass is 484 g/mol. The molecule has 0 saturated heterocycles. The maximum Gasteiger partial charge on any atom is 0.128 e. The van der Waals surface area contributed by atoms with Crippen LogP contribution < -0.4 is 4.74 Å². The average Bonchev–Trinajstić information content (AvgIpc) is 2.89. The number of unbranched alkanes of at least 4 members (excludes halogenated alkanes) is 10. The molecule has 5 nitrogen and oxygen atoms in total. The third-order valence-electron chi connectivity index (χ3n) is 6.17. The van der Waals surface area contributed by atoms with E-state index in [1.165, 1.54) is 57.8 Å². The Balaban J connectivity index is 1.55. The molecule has 0 spiro atoms. The molecule has 0 bridgehead atoms. The van der Waals surface area contributed by atoms with E-state index < -0.39 is 0 Å². The Bertz CT molecular complexity index is 734. The van der Waals surface area contributed by atoms with Crippen LogP contribution in [0.15, 0.2) is 36.7 Å². The van der Waals surface area contributed by atoms with Crippen LogP contribution in [0.1, 0.15) is 96.7 Å². The van der Waals surface area contributed by atoms with Gasteiger partial charge in [0.25, 0.3) is 0 Å². The summed E-state index contributed by atoms with van der Waals surface area (Å²) in [4.78, 5) is 9.15. The van der Waals surface area contributed by atoms with Gasteiger partial charge in [-0.05, 0) is 43.9 Å². The molecule has 0 amide bonds. The first-order chi connectivity index (χ1) is 17.3. The van der Waals surface area contributed by atoms with Gasteiger partial charge in [0.1, 0.15) is 11.6 Å². The smallest absolute Gasteiger partial charge is 0.128 e. The van der Waals surface area contributed by atoms with E-state index in [-0.39, 0.29) is 0 Å². The molecule has 1 heterocycles. The largest absolute Gasteiger partial charge is 0.494 e. The Morgan fingerprint density at radius 2 is 1.17 bits per heavy atom. The summed E-state index contributed by atoms with van der Waals surface area (Å²) in [5.41, 5.74) is 2.17. The van der Waals surface area contributed by atoms with E-state index >= 15 is 0 Å². The molecular formula is C30H48N2O3. The van der Waals surface area contributed by atoms with Crippen LogP contribution in [0.5, 0.6) is 5.75 Å². The summed E-state index contributed by atoms with van der Waals surface area (Å²) in [6.45, 7) is 8.04. The molecule has 1 aromatic carbocycles. The Hall–Kier alpha value is -1.98. The van der Waals surface area contributed by atoms with E-state index in [0.29, 0.717) is 13.2 Å². The van der Waals surface area contributed by atoms with Crippen molar-refractivity contribution in [1.29, 1.82) is 0 Å². The number of rotatable bonds is 22. The summed E-state index contributed by atoms with van der Waals surface area (Å²) in [6, 6.07) is 8.29. The molecule has 1 aromatic heterocycles. The van der Waals surface area contributed by atoms with Crippen LogP contribution in [-0.4, -0.2) is 43.0 Å². The summed E-state index contributed by atoms with van der Waals surface area (Å²) in [5.74, 6) is 1.86. The highest BCUT2D eigenvalue weighted by molar-refractivity contribution is 5.62. The van der Waals surface area contributed by atoms with Crippen LogP contribution in [-0.2, 0) is 15.9 Å². The maximum absolute atomic E-state index is 5.92. The number of hydrogen-bond donors (Lipinski definition) is 0. The van der Waals surface area contributed by atoms with E-state index in [1.54, 1.807) is 0 Å². The Morgan fingerprint density at radius 3 is 1.86 bits per heavy atom. The van der Waals surface area contributed by atoms with Crippen molar-refractivity contribution in [3.8, 4) is 16.9 Å². The van der Waals surface area contributed by atoms with Gasteiger partial charge in [0.05, 0.1) is 19.8 Å². The van der Waals surface area contributed by atoms with Crippen molar-refractivity contribution in [1.82, 2.24) is 9.97 Å². The molecular weight excluding hydrogens is 436 g/mol. The number of hydrogen-bond acceptors (Lipinski definition) is 5. The van der Waals surface area contributed by atoms with Gasteiger partial charge in [0.15, 0.2) is 0 Å². The molecule has 2 rings (SSSR count). The van der Waals surface area contributed by atoms with E-state index in [4.69, 9.17) is 14.2 Å². The first-order valence-corrected chi connectivity index (χ1v) is 14.0. The van der Waals surface area contributed by atoms with Gasteiger partial charge < -0.3 is 14.2 Å². The first kappa shape index (κ1) is 29.3. The normalized spacial score (nSPS) is 11.1. The number of aryl methyl sites for hydroxylation is 1. The van der Waals surface area contributed by atoms with Crippen LogP contribution >= 0.6 is 0 Å². The fraction of sp³-hybridized carbons (Fsp3) is 0.667. The molecule has 0 N–H and O–H groups in total. The van der Waals surface area contributed by atoms with Gasteiger partial charge in [-0.15, -0.1) is 0 Å². The second kappa shape index (κ2) is 20.2. The molecule has 0 fully saturated rings. The highest BCUT2D eigenvalue weighted by atomic mass is 16.5. The average molecular weight is 485 g/mol. The summed E-state index contributed by atoms with van der Waals surface area (Å²) in [7, 11) is 0. The molecule has 0 aliphatic rings. The van der Waals surface area contributed by atoms with Gasteiger partial charge in [0.2, 0.25) is 0 Å². The van der Waals surface area contributed by atoms with Gasteiger partial charge in [-0.25, -0.2) is 9.97 Å². The fourth-order valence-corrected chi connectivity index (χ4v) is 4.01. The van der Waals surface area contributed by atoms with E-state index in [0.717, 1.165) is 68.2 Å². The lowest BCUT2D eigenvalue weighted by molar-refractivity contribution is 0.0512. The van der Waals surface area contributed by atoms with Gasteiger partial charge in [-0.3, -0.25) is 0 Å². The summed E-state index contributed by atoms with van der Waals surface area (Å²) in [5, 5.41) is 0. The molecule has 0 aliphatic heterocycles. The Kier molecular flexibility index (Phi) is 16.9. The zero-order valence-corrected chi connectivity index (χ0v) is 22.3. The third kappa shape index (κ3) is 14.2. The molecule has 196 valence electrons. The van der Waals surface area contributed by atoms with Gasteiger partial charge in [-0.1, -0.05) is 76.8 Å². The molecule has 0 saturated carbocycles. The Labute approximate surface area is 214 Å². The van der Waals surface area contributed by atoms with Gasteiger partial charge >= 0.3 is 0 Å². The molecule has 0 unspecified atom stereocenters. The van der Waals surface area contributed by atoms with Crippen LogP contribution in [0.4, 0.5) is 0 Å². The van der Waals surface area contributed by atoms with E-state index in [2.05, 4.69) is 41.2 Å². The molecule has 0 atom stereocenters. The number of nitrogens with zero attached hydrogens (tertiary/aromatic N) is 2. The first-order valence-electron chi connectivity index (χ1n) is 14.0. The predicted octanol–water partition coefficient (Wildman–Crippen LogP) is 7.82. The van der Waals surface area contributed by atoms with Crippen molar-refractivity contribution >= 4 is 0 Å². The van der Waals surface area contributed by atoms with Crippen molar-refractivity contribution < 1.29 is 14.2 Å². The topological polar surface area (TPSA) is 53.5 Å². The lowest BCUT2D eigenvalue weighted by Gasteiger charge is -2.08. The summed E-state index contributed by atoms with van der Waals surface area (Å²) >= 11 is 0. The van der Waals surface area contributed by atoms with Crippen LogP contribution in [0.2, 0.25) is 0 Å². The van der Waals surface area contributed by atoms with Crippen molar-refractivity contribution in [2.45, 2.75) is 97.3 Å². The third-order valence-corrected chi connectivity index (χ3v) is 6.17. The van der Waals surface area contributed by atoms with Gasteiger partial charge in [-0.2, -0.15) is 0 Å². The van der Waals surface area contributed by atoms with Crippen LogP contribution in [0.25, 0.3) is 11.1 Å². The minimum absolute atomic E-state index is 0.696. The maximum atomic E-state index is 5.92. The second-order valence-corrected chi connectivity index (χ2v) is 9.21. The lowest BCUT2D eigenvalue weighted by Crippen LogP contribution is -2.04. The van der Waals surface area contributed by atoms with E-state index in [1.807, 2.05) is 19.3 Å². The fourth-order valence-electron chi connectivity index (χ4n) is 4.01. The van der Waals surface area contributed by atoms with Crippen molar-refractivity contribution in [3.05, 3.63) is 42.5 Å². The quantitative estimate of drug-likeness (QED) is 0.159. The standard InChI is InChI=1S/C30H48N2O3/c1-3-5-6-7-8-9-11-15-22-35-29-19-17-27(18-20-29)28-25-31-30(32-26-28)16-13-10-12-14-21-34-24-23-33-4-2/h17-20,25-26H,3-16,21-24H2,1-2H3. The zero-order valence-electron chi connectivity index (χ0n) is 22.3. The van der Waals surface area contributed by atoms with Gasteiger partial charge in [0, 0.05) is 37.6 Å². The van der Waals surface area contributed by atoms with Crippen LogP contribution in [0.3, 0.4) is 0 Å². The predicted molar refractivity (Wildman–Crippen MR) is 145 cm³/mol. The molecule has 0 radical (unpaired) electrons. The zero-order chi connectivity index (χ0) is 24.8. The molecule has 35 heavy (non-hydrogen) atoms. The second-order valence-electron chi connectivity index (χ2n) is 9.21. The van der Waals surface area contributed by atoms with Crippen molar-refractivity contribution in [2.24, 2.45) is 0 Å². The molecule has 5 heteroatoms. The summed E-state index contributed by atoms with van der Waals surface area (Å²) < 4.78 is 16.7. The van der Waals surface area contributed by atoms with E-state index in [9.17, 15) is 0 Å².